The molecule has 0 atom stereocenters. The molecule has 0 aliphatic carbocycles. The molecule has 0 unspecified atom stereocenters. The zero-order chi connectivity index (χ0) is 12.8. The number of pyridine rings is 1. The molecule has 0 aliphatic rings. The topological polar surface area (TPSA) is 12.9 Å². The minimum Gasteiger partial charge on any atom is -0.264 e. The van der Waals surface area contributed by atoms with E-state index in [-0.39, 0.29) is 0 Å². The third-order valence-corrected chi connectivity index (χ3v) is 2.55. The minimum absolute atomic E-state index is 0.973. The summed E-state index contributed by atoms with van der Waals surface area (Å²) in [5, 5.41) is 0. The summed E-state index contributed by atoms with van der Waals surface area (Å²) in [7, 11) is 0. The second-order valence-electron chi connectivity index (χ2n) is 4.26. The Hall–Kier alpha value is -1.89. The van der Waals surface area contributed by atoms with Gasteiger partial charge in [-0.2, -0.15) is 0 Å². The van der Waals surface area contributed by atoms with Gasteiger partial charge in [-0.15, -0.1) is 0 Å². The van der Waals surface area contributed by atoms with Gasteiger partial charge in [-0.3, -0.25) is 4.98 Å². The molecule has 0 saturated carbocycles. The van der Waals surface area contributed by atoms with E-state index in [9.17, 15) is 0 Å². The largest absolute Gasteiger partial charge is 0.264 e. The van der Waals surface area contributed by atoms with Crippen molar-refractivity contribution in [3.05, 3.63) is 72.1 Å². The molecule has 1 heteroatoms. The van der Waals surface area contributed by atoms with Crippen LogP contribution < -0.4 is 0 Å². The van der Waals surface area contributed by atoms with E-state index in [0.29, 0.717) is 0 Å². The number of hydrogen-bond acceptors (Lipinski definition) is 1. The lowest BCUT2D eigenvalue weighted by atomic mass is 10.0. The van der Waals surface area contributed by atoms with E-state index in [1.807, 2.05) is 25.3 Å². The van der Waals surface area contributed by atoms with Crippen LogP contribution in [0.5, 0.6) is 0 Å². The fourth-order valence-corrected chi connectivity index (χ4v) is 1.42. The Bertz CT molecular complexity index is 476. The molecule has 0 aliphatic heterocycles. The second kappa shape index (κ2) is 6.00. The summed E-state index contributed by atoms with van der Waals surface area (Å²) in [6.45, 7) is 14.1. The van der Waals surface area contributed by atoms with E-state index >= 15 is 0 Å². The molecule has 88 valence electrons. The molecular weight excluding hydrogens is 206 g/mol. The van der Waals surface area contributed by atoms with Gasteiger partial charge in [0, 0.05) is 12.4 Å². The zero-order valence-corrected chi connectivity index (χ0v) is 10.8. The molecule has 0 spiro atoms. The van der Waals surface area contributed by atoms with Crippen LogP contribution in [0, 0.1) is 0 Å². The van der Waals surface area contributed by atoms with Gasteiger partial charge in [-0.25, -0.2) is 0 Å². The maximum Gasteiger partial charge on any atom is 0.0346 e. The van der Waals surface area contributed by atoms with E-state index in [2.05, 4.69) is 44.1 Å². The number of rotatable bonds is 4. The normalized spacial score (nSPS) is 12.4. The molecule has 0 radical (unpaired) electrons. The molecule has 17 heavy (non-hydrogen) atoms. The molecule has 0 fully saturated rings. The Morgan fingerprint density at radius 1 is 1.18 bits per heavy atom. The highest BCUT2D eigenvalue weighted by molar-refractivity contribution is 5.72. The summed E-state index contributed by atoms with van der Waals surface area (Å²) in [5.74, 6) is 0. The smallest absolute Gasteiger partial charge is 0.0346 e. The first-order chi connectivity index (χ1) is 8.00. The van der Waals surface area contributed by atoms with Gasteiger partial charge in [-0.05, 0) is 43.5 Å². The van der Waals surface area contributed by atoms with Crippen LogP contribution in [0.25, 0.3) is 5.57 Å². The molecular formula is C16H19N. The molecule has 1 rings (SSSR count). The summed E-state index contributed by atoms with van der Waals surface area (Å²) in [6, 6.07) is 3.92. The molecule has 1 aromatic heterocycles. The van der Waals surface area contributed by atoms with Crippen LogP contribution in [-0.2, 0) is 0 Å². The van der Waals surface area contributed by atoms with Crippen LogP contribution in [0.3, 0.4) is 0 Å². The standard InChI is InChI=1S/C16H19N/c1-12(2)14(4)9-13(3)10-15(5)16-7-6-8-17-11-16/h6-11H,1,5H2,2-4H3/b13-10+,14-9+. The molecule has 0 N–H and O–H groups in total. The van der Waals surface area contributed by atoms with Crippen LogP contribution in [0.4, 0.5) is 0 Å². The lowest BCUT2D eigenvalue weighted by molar-refractivity contribution is 1.31. The monoisotopic (exact) mass is 225 g/mol. The quantitative estimate of drug-likeness (QED) is 0.684. The van der Waals surface area contributed by atoms with Gasteiger partial charge < -0.3 is 0 Å². The fourth-order valence-electron chi connectivity index (χ4n) is 1.42. The highest BCUT2D eigenvalue weighted by Gasteiger charge is 1.96. The minimum atomic E-state index is 0.973. The molecule has 1 nitrogen and oxygen atoms in total. The van der Waals surface area contributed by atoms with Gasteiger partial charge in [0.15, 0.2) is 0 Å². The van der Waals surface area contributed by atoms with E-state index in [0.717, 1.165) is 16.7 Å². The summed E-state index contributed by atoms with van der Waals surface area (Å²) >= 11 is 0. The third-order valence-electron chi connectivity index (χ3n) is 2.55. The van der Waals surface area contributed by atoms with Crippen molar-refractivity contribution in [3.63, 3.8) is 0 Å². The Balaban J connectivity index is 2.87. The maximum absolute atomic E-state index is 4.08. The van der Waals surface area contributed by atoms with Crippen molar-refractivity contribution < 1.29 is 0 Å². The van der Waals surface area contributed by atoms with Crippen molar-refractivity contribution in [3.8, 4) is 0 Å². The highest BCUT2D eigenvalue weighted by atomic mass is 14.6. The van der Waals surface area contributed by atoms with Gasteiger partial charge >= 0.3 is 0 Å². The van der Waals surface area contributed by atoms with Crippen molar-refractivity contribution in [2.24, 2.45) is 0 Å². The van der Waals surface area contributed by atoms with Gasteiger partial charge in [-0.1, -0.05) is 42.5 Å². The first-order valence-electron chi connectivity index (χ1n) is 5.62. The Kier molecular flexibility index (Phi) is 4.65. The van der Waals surface area contributed by atoms with Gasteiger partial charge in [0.05, 0.1) is 0 Å². The highest BCUT2D eigenvalue weighted by Crippen LogP contribution is 2.16. The lowest BCUT2D eigenvalue weighted by Crippen LogP contribution is -1.83. The van der Waals surface area contributed by atoms with Crippen molar-refractivity contribution in [2.45, 2.75) is 20.8 Å². The van der Waals surface area contributed by atoms with E-state index < -0.39 is 0 Å². The van der Waals surface area contributed by atoms with Crippen LogP contribution in [0.15, 0.2) is 66.6 Å². The molecule has 1 aromatic rings. The predicted molar refractivity (Wildman–Crippen MR) is 75.6 cm³/mol. The molecule has 0 amide bonds. The van der Waals surface area contributed by atoms with Crippen LogP contribution in [0.1, 0.15) is 26.3 Å². The van der Waals surface area contributed by atoms with Crippen molar-refractivity contribution in [1.29, 1.82) is 0 Å². The first kappa shape index (κ1) is 13.2. The fraction of sp³-hybridized carbons (Fsp3) is 0.188. The third kappa shape index (κ3) is 4.23. The molecule has 0 bridgehead atoms. The predicted octanol–water partition coefficient (Wildman–Crippen LogP) is 4.56. The van der Waals surface area contributed by atoms with E-state index in [1.54, 1.807) is 6.20 Å². The Morgan fingerprint density at radius 3 is 2.41 bits per heavy atom. The number of hydrogen-bond donors (Lipinski definition) is 0. The molecule has 0 saturated heterocycles. The van der Waals surface area contributed by atoms with E-state index in [1.165, 1.54) is 11.1 Å². The SMILES string of the molecule is C=C(C)/C(C)=C/C(C)=C/C(=C)c1cccnc1. The summed E-state index contributed by atoms with van der Waals surface area (Å²) < 4.78 is 0. The first-order valence-corrected chi connectivity index (χ1v) is 5.62. The van der Waals surface area contributed by atoms with Gasteiger partial charge in [0.1, 0.15) is 0 Å². The molecule has 1 heterocycles. The van der Waals surface area contributed by atoms with E-state index in [4.69, 9.17) is 0 Å². The second-order valence-corrected chi connectivity index (χ2v) is 4.26. The Labute approximate surface area is 104 Å². The van der Waals surface area contributed by atoms with Crippen LogP contribution >= 0.6 is 0 Å². The van der Waals surface area contributed by atoms with Gasteiger partial charge in [0.2, 0.25) is 0 Å². The summed E-state index contributed by atoms with van der Waals surface area (Å²) in [6.07, 6.45) is 7.76. The van der Waals surface area contributed by atoms with Crippen LogP contribution in [0.2, 0.25) is 0 Å². The lowest BCUT2D eigenvalue weighted by Gasteiger charge is -2.02. The van der Waals surface area contributed by atoms with Crippen molar-refractivity contribution >= 4 is 5.57 Å². The average Bonchev–Trinajstić information content (AvgIpc) is 2.29. The number of nitrogens with zero attached hydrogens (tertiary/aromatic N) is 1. The number of aromatic nitrogens is 1. The maximum atomic E-state index is 4.08. The summed E-state index contributed by atoms with van der Waals surface area (Å²) in [4.78, 5) is 4.08. The van der Waals surface area contributed by atoms with Crippen molar-refractivity contribution in [2.75, 3.05) is 0 Å². The Morgan fingerprint density at radius 2 is 1.88 bits per heavy atom. The molecule has 0 aromatic carbocycles. The number of allylic oxidation sites excluding steroid dienone is 6. The van der Waals surface area contributed by atoms with Crippen LogP contribution in [-0.4, -0.2) is 4.98 Å². The zero-order valence-electron chi connectivity index (χ0n) is 10.8. The van der Waals surface area contributed by atoms with Crippen molar-refractivity contribution in [1.82, 2.24) is 4.98 Å². The summed E-state index contributed by atoms with van der Waals surface area (Å²) in [5.41, 5.74) is 5.47. The average molecular weight is 225 g/mol. The van der Waals surface area contributed by atoms with Gasteiger partial charge in [0.25, 0.3) is 0 Å².